The predicted octanol–water partition coefficient (Wildman–Crippen LogP) is 2.93. The second-order valence-electron chi connectivity index (χ2n) is 5.47. The summed E-state index contributed by atoms with van der Waals surface area (Å²) in [5, 5.41) is 6.62. The summed E-state index contributed by atoms with van der Waals surface area (Å²) < 4.78 is 5.34. The topological polar surface area (TPSA) is 45.7 Å². The SMILES string of the molecule is CCNC(=NCC1(c2ccccc2)CC1)NCCOCC.I. The summed E-state index contributed by atoms with van der Waals surface area (Å²) in [6.45, 7) is 8.08. The summed E-state index contributed by atoms with van der Waals surface area (Å²) in [7, 11) is 0. The molecule has 5 heteroatoms. The lowest BCUT2D eigenvalue weighted by atomic mass is 9.96. The van der Waals surface area contributed by atoms with Crippen molar-refractivity contribution in [3.8, 4) is 0 Å². The van der Waals surface area contributed by atoms with Crippen LogP contribution in [0.25, 0.3) is 0 Å². The van der Waals surface area contributed by atoms with Gasteiger partial charge in [0.2, 0.25) is 0 Å². The highest BCUT2D eigenvalue weighted by Crippen LogP contribution is 2.48. The summed E-state index contributed by atoms with van der Waals surface area (Å²) >= 11 is 0. The van der Waals surface area contributed by atoms with E-state index in [0.29, 0.717) is 6.61 Å². The predicted molar refractivity (Wildman–Crippen MR) is 103 cm³/mol. The first-order chi connectivity index (χ1) is 10.3. The lowest BCUT2D eigenvalue weighted by molar-refractivity contribution is 0.152. The van der Waals surface area contributed by atoms with Gasteiger partial charge in [-0.3, -0.25) is 4.99 Å². The van der Waals surface area contributed by atoms with Gasteiger partial charge in [-0.25, -0.2) is 0 Å². The molecule has 0 unspecified atom stereocenters. The van der Waals surface area contributed by atoms with Crippen molar-refractivity contribution in [2.45, 2.75) is 32.1 Å². The van der Waals surface area contributed by atoms with E-state index < -0.39 is 0 Å². The van der Waals surface area contributed by atoms with Crippen molar-refractivity contribution in [2.24, 2.45) is 4.99 Å². The van der Waals surface area contributed by atoms with E-state index in [2.05, 4.69) is 47.9 Å². The van der Waals surface area contributed by atoms with Crippen molar-refractivity contribution in [2.75, 3.05) is 32.8 Å². The van der Waals surface area contributed by atoms with Crippen molar-refractivity contribution >= 4 is 29.9 Å². The Bertz CT molecular complexity index is 446. The Kier molecular flexibility index (Phi) is 8.78. The molecular weight excluding hydrogens is 389 g/mol. The van der Waals surface area contributed by atoms with Gasteiger partial charge in [0.1, 0.15) is 0 Å². The Morgan fingerprint density at radius 1 is 1.18 bits per heavy atom. The fourth-order valence-corrected chi connectivity index (χ4v) is 2.44. The van der Waals surface area contributed by atoms with Crippen LogP contribution >= 0.6 is 24.0 Å². The molecule has 0 aromatic heterocycles. The molecule has 2 N–H and O–H groups in total. The third-order valence-corrected chi connectivity index (χ3v) is 3.87. The van der Waals surface area contributed by atoms with Gasteiger partial charge in [0.15, 0.2) is 5.96 Å². The van der Waals surface area contributed by atoms with Crippen LogP contribution in [0.5, 0.6) is 0 Å². The summed E-state index contributed by atoms with van der Waals surface area (Å²) in [5.74, 6) is 0.888. The van der Waals surface area contributed by atoms with Crippen LogP contribution < -0.4 is 10.6 Å². The number of aliphatic imine (C=N–C) groups is 1. The standard InChI is InChI=1S/C17H27N3O.HI/c1-3-18-16(19-12-13-21-4-2)20-14-17(10-11-17)15-8-6-5-7-9-15;/h5-9H,3-4,10-14H2,1-2H3,(H2,18,19,20);1H. The molecule has 0 saturated heterocycles. The molecule has 1 aliphatic carbocycles. The van der Waals surface area contributed by atoms with Crippen LogP contribution in [0.1, 0.15) is 32.3 Å². The highest BCUT2D eigenvalue weighted by molar-refractivity contribution is 14.0. The number of rotatable bonds is 8. The van der Waals surface area contributed by atoms with Crippen LogP contribution in [0.4, 0.5) is 0 Å². The minimum Gasteiger partial charge on any atom is -0.380 e. The minimum absolute atomic E-state index is 0. The number of ether oxygens (including phenoxy) is 1. The number of nitrogens with zero attached hydrogens (tertiary/aromatic N) is 1. The Morgan fingerprint density at radius 2 is 1.91 bits per heavy atom. The van der Waals surface area contributed by atoms with Crippen LogP contribution in [0, 0.1) is 0 Å². The lowest BCUT2D eigenvalue weighted by Crippen LogP contribution is -2.39. The lowest BCUT2D eigenvalue weighted by Gasteiger charge is -2.16. The molecule has 0 amide bonds. The second-order valence-corrected chi connectivity index (χ2v) is 5.47. The maximum absolute atomic E-state index is 5.34. The molecule has 22 heavy (non-hydrogen) atoms. The Balaban J connectivity index is 0.00000242. The molecular formula is C17H28IN3O. The van der Waals surface area contributed by atoms with Crippen LogP contribution in [-0.2, 0) is 10.2 Å². The van der Waals surface area contributed by atoms with Crippen molar-refractivity contribution in [3.63, 3.8) is 0 Å². The fraction of sp³-hybridized carbons (Fsp3) is 0.588. The van der Waals surface area contributed by atoms with Crippen LogP contribution in [0.2, 0.25) is 0 Å². The number of nitrogens with one attached hydrogen (secondary N) is 2. The molecule has 0 spiro atoms. The molecule has 1 aromatic rings. The monoisotopic (exact) mass is 417 g/mol. The first-order valence-corrected chi connectivity index (χ1v) is 7.96. The van der Waals surface area contributed by atoms with E-state index in [1.165, 1.54) is 18.4 Å². The molecule has 4 nitrogen and oxygen atoms in total. The second kappa shape index (κ2) is 10.0. The van der Waals surface area contributed by atoms with Gasteiger partial charge < -0.3 is 15.4 Å². The van der Waals surface area contributed by atoms with Crippen LogP contribution in [-0.4, -0.2) is 38.8 Å². The first-order valence-electron chi connectivity index (χ1n) is 7.96. The van der Waals surface area contributed by atoms with Crippen molar-refractivity contribution < 1.29 is 4.74 Å². The molecule has 0 bridgehead atoms. The zero-order chi connectivity index (χ0) is 15.0. The van der Waals surface area contributed by atoms with E-state index >= 15 is 0 Å². The molecule has 1 fully saturated rings. The van der Waals surface area contributed by atoms with Crippen LogP contribution in [0.15, 0.2) is 35.3 Å². The first kappa shape index (κ1) is 19.2. The normalized spacial score (nSPS) is 15.8. The van der Waals surface area contributed by atoms with Gasteiger partial charge in [0, 0.05) is 25.1 Å². The van der Waals surface area contributed by atoms with Gasteiger partial charge in [-0.15, -0.1) is 24.0 Å². The van der Waals surface area contributed by atoms with E-state index in [0.717, 1.165) is 32.2 Å². The highest BCUT2D eigenvalue weighted by Gasteiger charge is 2.43. The third-order valence-electron chi connectivity index (χ3n) is 3.87. The molecule has 2 rings (SSSR count). The number of hydrogen-bond donors (Lipinski definition) is 2. The number of hydrogen-bond acceptors (Lipinski definition) is 2. The van der Waals surface area contributed by atoms with E-state index in [9.17, 15) is 0 Å². The van der Waals surface area contributed by atoms with E-state index in [-0.39, 0.29) is 29.4 Å². The average molecular weight is 417 g/mol. The van der Waals surface area contributed by atoms with Crippen molar-refractivity contribution in [3.05, 3.63) is 35.9 Å². The highest BCUT2D eigenvalue weighted by atomic mass is 127. The Labute approximate surface area is 151 Å². The molecule has 0 aliphatic heterocycles. The molecule has 0 atom stereocenters. The van der Waals surface area contributed by atoms with Gasteiger partial charge in [-0.05, 0) is 32.3 Å². The largest absolute Gasteiger partial charge is 0.380 e. The molecule has 0 radical (unpaired) electrons. The van der Waals surface area contributed by atoms with E-state index in [4.69, 9.17) is 9.73 Å². The number of benzene rings is 1. The quantitative estimate of drug-likeness (QED) is 0.296. The molecule has 1 aromatic carbocycles. The van der Waals surface area contributed by atoms with Crippen molar-refractivity contribution in [1.29, 1.82) is 0 Å². The number of guanidine groups is 1. The smallest absolute Gasteiger partial charge is 0.191 e. The zero-order valence-corrected chi connectivity index (χ0v) is 15.9. The third kappa shape index (κ3) is 5.76. The Morgan fingerprint density at radius 3 is 2.50 bits per heavy atom. The maximum Gasteiger partial charge on any atom is 0.191 e. The maximum atomic E-state index is 5.34. The molecule has 1 aliphatic rings. The van der Waals surface area contributed by atoms with Gasteiger partial charge in [0.05, 0.1) is 13.2 Å². The molecule has 1 saturated carbocycles. The number of halogens is 1. The average Bonchev–Trinajstić information content (AvgIpc) is 3.31. The fourth-order valence-electron chi connectivity index (χ4n) is 2.44. The van der Waals surface area contributed by atoms with Gasteiger partial charge in [-0.1, -0.05) is 30.3 Å². The summed E-state index contributed by atoms with van der Waals surface area (Å²) in [4.78, 5) is 4.76. The van der Waals surface area contributed by atoms with Gasteiger partial charge >= 0.3 is 0 Å². The Hall–Kier alpha value is -0.820. The molecule has 0 heterocycles. The summed E-state index contributed by atoms with van der Waals surface area (Å²) in [5.41, 5.74) is 1.68. The van der Waals surface area contributed by atoms with Gasteiger partial charge in [0.25, 0.3) is 0 Å². The zero-order valence-electron chi connectivity index (χ0n) is 13.6. The van der Waals surface area contributed by atoms with Crippen LogP contribution in [0.3, 0.4) is 0 Å². The van der Waals surface area contributed by atoms with E-state index in [1.54, 1.807) is 0 Å². The van der Waals surface area contributed by atoms with Crippen molar-refractivity contribution in [1.82, 2.24) is 10.6 Å². The minimum atomic E-state index is 0. The summed E-state index contributed by atoms with van der Waals surface area (Å²) in [6.07, 6.45) is 2.47. The van der Waals surface area contributed by atoms with Gasteiger partial charge in [-0.2, -0.15) is 0 Å². The summed E-state index contributed by atoms with van der Waals surface area (Å²) in [6, 6.07) is 10.7. The molecule has 124 valence electrons. The van der Waals surface area contributed by atoms with E-state index in [1.807, 2.05) is 6.92 Å².